The molecular weight excluding hydrogens is 280 g/mol. The molecular formula is C14H29ClN2O3. The number of ether oxygens (including phenoxy) is 2. The summed E-state index contributed by atoms with van der Waals surface area (Å²) in [5, 5.41) is 3.39. The predicted octanol–water partition coefficient (Wildman–Crippen LogP) is 1.31. The average Bonchev–Trinajstić information content (AvgIpc) is 2.42. The fraction of sp³-hybridized carbons (Fsp3) is 0.929. The van der Waals surface area contributed by atoms with Gasteiger partial charge in [-0.2, -0.15) is 0 Å². The number of piperidine rings is 1. The third-order valence-corrected chi connectivity index (χ3v) is 3.63. The molecule has 0 unspecified atom stereocenters. The van der Waals surface area contributed by atoms with Gasteiger partial charge in [-0.05, 0) is 32.7 Å². The number of amides is 1. The standard InChI is InChI=1S/C14H28N2O3.ClH/c1-12-11-13(5-6-15-12)14(17)16(8-10-19-3)7-4-9-18-2;/h12-13,15H,4-11H2,1-3H3;1H/t12-,13-;/m0./s1. The molecule has 20 heavy (non-hydrogen) atoms. The number of hydrogen-bond donors (Lipinski definition) is 1. The Balaban J connectivity index is 0.00000361. The minimum atomic E-state index is 0. The van der Waals surface area contributed by atoms with Crippen LogP contribution < -0.4 is 5.32 Å². The van der Waals surface area contributed by atoms with Gasteiger partial charge < -0.3 is 19.7 Å². The highest BCUT2D eigenvalue weighted by molar-refractivity contribution is 5.85. The first kappa shape index (κ1) is 19.6. The van der Waals surface area contributed by atoms with E-state index in [2.05, 4.69) is 12.2 Å². The van der Waals surface area contributed by atoms with Gasteiger partial charge in [0.15, 0.2) is 0 Å². The summed E-state index contributed by atoms with van der Waals surface area (Å²) in [4.78, 5) is 14.5. The van der Waals surface area contributed by atoms with Crippen LogP contribution >= 0.6 is 12.4 Å². The van der Waals surface area contributed by atoms with Crippen molar-refractivity contribution >= 4 is 18.3 Å². The second-order valence-corrected chi connectivity index (χ2v) is 5.24. The number of halogens is 1. The Bertz CT molecular complexity index is 267. The van der Waals surface area contributed by atoms with Gasteiger partial charge in [0.1, 0.15) is 0 Å². The molecule has 0 aromatic heterocycles. The molecule has 1 N–H and O–H groups in total. The molecule has 1 aliphatic rings. The molecule has 0 radical (unpaired) electrons. The minimum Gasteiger partial charge on any atom is -0.385 e. The zero-order valence-corrected chi connectivity index (χ0v) is 13.7. The van der Waals surface area contributed by atoms with Crippen molar-refractivity contribution in [2.75, 3.05) is 47.1 Å². The first-order chi connectivity index (χ1) is 9.19. The van der Waals surface area contributed by atoms with Crippen molar-refractivity contribution in [3.05, 3.63) is 0 Å². The van der Waals surface area contributed by atoms with Gasteiger partial charge >= 0.3 is 0 Å². The molecule has 1 amide bonds. The summed E-state index contributed by atoms with van der Waals surface area (Å²) < 4.78 is 10.2. The lowest BCUT2D eigenvalue weighted by Crippen LogP contribution is -2.45. The first-order valence-electron chi connectivity index (χ1n) is 7.19. The summed E-state index contributed by atoms with van der Waals surface area (Å²) in [5.74, 6) is 0.442. The Morgan fingerprint density at radius 3 is 2.55 bits per heavy atom. The predicted molar refractivity (Wildman–Crippen MR) is 82.4 cm³/mol. The molecule has 0 bridgehead atoms. The fourth-order valence-electron chi connectivity index (χ4n) is 2.55. The monoisotopic (exact) mass is 308 g/mol. The van der Waals surface area contributed by atoms with Crippen molar-refractivity contribution in [1.29, 1.82) is 0 Å². The van der Waals surface area contributed by atoms with E-state index in [-0.39, 0.29) is 24.2 Å². The van der Waals surface area contributed by atoms with Gasteiger partial charge in [0, 0.05) is 45.9 Å². The Morgan fingerprint density at radius 2 is 1.95 bits per heavy atom. The topological polar surface area (TPSA) is 50.8 Å². The van der Waals surface area contributed by atoms with E-state index in [4.69, 9.17) is 9.47 Å². The summed E-state index contributed by atoms with van der Waals surface area (Å²) >= 11 is 0. The smallest absolute Gasteiger partial charge is 0.225 e. The Labute approximate surface area is 128 Å². The van der Waals surface area contributed by atoms with E-state index in [0.717, 1.165) is 32.4 Å². The zero-order chi connectivity index (χ0) is 14.1. The van der Waals surface area contributed by atoms with Crippen LogP contribution in [0.15, 0.2) is 0 Å². The molecule has 1 aliphatic heterocycles. The van der Waals surface area contributed by atoms with Crippen molar-refractivity contribution < 1.29 is 14.3 Å². The van der Waals surface area contributed by atoms with E-state index >= 15 is 0 Å². The van der Waals surface area contributed by atoms with Crippen molar-refractivity contribution in [3.8, 4) is 0 Å². The van der Waals surface area contributed by atoms with E-state index < -0.39 is 0 Å². The van der Waals surface area contributed by atoms with Crippen LogP contribution in [0.1, 0.15) is 26.2 Å². The molecule has 0 aromatic rings. The largest absolute Gasteiger partial charge is 0.385 e. The number of nitrogens with zero attached hydrogens (tertiary/aromatic N) is 1. The summed E-state index contributed by atoms with van der Waals surface area (Å²) in [6.45, 7) is 5.81. The molecule has 0 spiro atoms. The van der Waals surface area contributed by atoms with E-state index in [9.17, 15) is 4.79 Å². The zero-order valence-electron chi connectivity index (χ0n) is 12.9. The molecule has 6 heteroatoms. The van der Waals surface area contributed by atoms with Gasteiger partial charge in [-0.25, -0.2) is 0 Å². The number of nitrogens with one attached hydrogen (secondary N) is 1. The van der Waals surface area contributed by atoms with E-state index in [1.165, 1.54) is 0 Å². The molecule has 1 saturated heterocycles. The Kier molecular flexibility index (Phi) is 11.1. The lowest BCUT2D eigenvalue weighted by Gasteiger charge is -2.32. The third-order valence-electron chi connectivity index (χ3n) is 3.63. The summed E-state index contributed by atoms with van der Waals surface area (Å²) in [7, 11) is 3.36. The second-order valence-electron chi connectivity index (χ2n) is 5.24. The third kappa shape index (κ3) is 6.88. The highest BCUT2D eigenvalue weighted by atomic mass is 35.5. The number of hydrogen-bond acceptors (Lipinski definition) is 4. The van der Waals surface area contributed by atoms with Gasteiger partial charge in [-0.3, -0.25) is 4.79 Å². The van der Waals surface area contributed by atoms with E-state index in [0.29, 0.717) is 25.8 Å². The lowest BCUT2D eigenvalue weighted by atomic mass is 9.92. The van der Waals surface area contributed by atoms with Crippen LogP contribution in [0.2, 0.25) is 0 Å². The highest BCUT2D eigenvalue weighted by Crippen LogP contribution is 2.19. The van der Waals surface area contributed by atoms with E-state index in [1.54, 1.807) is 14.2 Å². The maximum absolute atomic E-state index is 12.5. The lowest BCUT2D eigenvalue weighted by molar-refractivity contribution is -0.137. The Hall–Kier alpha value is -0.360. The summed E-state index contributed by atoms with van der Waals surface area (Å²) in [6.07, 6.45) is 2.76. The van der Waals surface area contributed by atoms with Crippen molar-refractivity contribution in [1.82, 2.24) is 10.2 Å². The number of rotatable bonds is 8. The number of carbonyl (C=O) groups excluding carboxylic acids is 1. The van der Waals surface area contributed by atoms with Crippen LogP contribution in [-0.2, 0) is 14.3 Å². The SMILES string of the molecule is COCCCN(CCOC)C(=O)[C@H]1CCN[C@@H](C)C1.Cl. The quantitative estimate of drug-likeness (QED) is 0.687. The van der Waals surface area contributed by atoms with Crippen LogP contribution in [0.3, 0.4) is 0 Å². The molecule has 0 saturated carbocycles. The number of methoxy groups -OCH3 is 2. The van der Waals surface area contributed by atoms with Crippen molar-refractivity contribution in [2.24, 2.45) is 5.92 Å². The van der Waals surface area contributed by atoms with Gasteiger partial charge in [-0.1, -0.05) is 0 Å². The molecule has 120 valence electrons. The van der Waals surface area contributed by atoms with Crippen molar-refractivity contribution in [2.45, 2.75) is 32.2 Å². The molecule has 1 fully saturated rings. The van der Waals surface area contributed by atoms with Crippen LogP contribution in [0.4, 0.5) is 0 Å². The summed E-state index contributed by atoms with van der Waals surface area (Å²) in [5.41, 5.74) is 0. The molecule has 1 heterocycles. The summed E-state index contributed by atoms with van der Waals surface area (Å²) in [6, 6.07) is 0.436. The van der Waals surface area contributed by atoms with Gasteiger partial charge in [-0.15, -0.1) is 12.4 Å². The Morgan fingerprint density at radius 1 is 1.25 bits per heavy atom. The van der Waals surface area contributed by atoms with Gasteiger partial charge in [0.25, 0.3) is 0 Å². The maximum Gasteiger partial charge on any atom is 0.225 e. The maximum atomic E-state index is 12.5. The number of carbonyl (C=O) groups is 1. The minimum absolute atomic E-state index is 0. The molecule has 2 atom stereocenters. The normalized spacial score (nSPS) is 22.1. The molecule has 1 rings (SSSR count). The molecule has 0 aliphatic carbocycles. The first-order valence-corrected chi connectivity index (χ1v) is 7.19. The van der Waals surface area contributed by atoms with Crippen LogP contribution in [0, 0.1) is 5.92 Å². The van der Waals surface area contributed by atoms with Crippen LogP contribution in [-0.4, -0.2) is 63.9 Å². The highest BCUT2D eigenvalue weighted by Gasteiger charge is 2.28. The second kappa shape index (κ2) is 11.3. The molecule has 0 aromatic carbocycles. The van der Waals surface area contributed by atoms with Crippen molar-refractivity contribution in [3.63, 3.8) is 0 Å². The van der Waals surface area contributed by atoms with E-state index in [1.807, 2.05) is 4.90 Å². The van der Waals surface area contributed by atoms with Crippen LogP contribution in [0.5, 0.6) is 0 Å². The van der Waals surface area contributed by atoms with Gasteiger partial charge in [0.05, 0.1) is 6.61 Å². The van der Waals surface area contributed by atoms with Gasteiger partial charge in [0.2, 0.25) is 5.91 Å². The molecule has 5 nitrogen and oxygen atoms in total. The van der Waals surface area contributed by atoms with Crippen LogP contribution in [0.25, 0.3) is 0 Å². The average molecular weight is 309 g/mol. The fourth-order valence-corrected chi connectivity index (χ4v) is 2.55.